The smallest absolute Gasteiger partial charge is 0.147 e. The largest absolute Gasteiger partial charge is 0.298 e. The number of hydrogen-bond donors (Lipinski definition) is 0. The SMILES string of the molecule is O=C1C2C=CC=CC2[C@@H](Br)[C@H](Br)C2C=CC=CC12. The van der Waals surface area contributed by atoms with Crippen molar-refractivity contribution in [2.75, 3.05) is 0 Å². The van der Waals surface area contributed by atoms with Crippen molar-refractivity contribution < 1.29 is 4.79 Å². The predicted molar refractivity (Wildman–Crippen MR) is 81.0 cm³/mol. The van der Waals surface area contributed by atoms with Gasteiger partial charge in [-0.3, -0.25) is 4.79 Å². The van der Waals surface area contributed by atoms with Gasteiger partial charge in [0.1, 0.15) is 5.78 Å². The molecule has 0 radical (unpaired) electrons. The number of Topliss-reactive ketones (excluding diaryl/α,β-unsaturated/α-hetero) is 1. The summed E-state index contributed by atoms with van der Waals surface area (Å²) in [6.45, 7) is 0. The van der Waals surface area contributed by atoms with Crippen LogP contribution in [0.2, 0.25) is 0 Å². The molecule has 1 nitrogen and oxygen atoms in total. The number of carbonyl (C=O) groups is 1. The van der Waals surface area contributed by atoms with Crippen molar-refractivity contribution in [1.82, 2.24) is 0 Å². The lowest BCUT2D eigenvalue weighted by Crippen LogP contribution is -2.30. The molecule has 0 bridgehead atoms. The van der Waals surface area contributed by atoms with Crippen molar-refractivity contribution in [3.05, 3.63) is 48.6 Å². The highest BCUT2D eigenvalue weighted by atomic mass is 79.9. The van der Waals surface area contributed by atoms with E-state index < -0.39 is 0 Å². The molecule has 0 amide bonds. The van der Waals surface area contributed by atoms with Crippen LogP contribution in [0.4, 0.5) is 0 Å². The van der Waals surface area contributed by atoms with E-state index in [4.69, 9.17) is 0 Å². The molecular formula is C15H14Br2O. The molecule has 0 spiro atoms. The number of halogens is 2. The Bertz CT molecular complexity index is 433. The summed E-state index contributed by atoms with van der Waals surface area (Å²) in [5.41, 5.74) is 0. The highest BCUT2D eigenvalue weighted by Gasteiger charge is 2.46. The molecule has 0 saturated heterocycles. The zero-order chi connectivity index (χ0) is 12.7. The fourth-order valence-electron chi connectivity index (χ4n) is 3.07. The average molecular weight is 370 g/mol. The molecule has 0 aromatic heterocycles. The molecule has 0 N–H and O–H groups in total. The Morgan fingerprint density at radius 3 is 1.56 bits per heavy atom. The van der Waals surface area contributed by atoms with E-state index >= 15 is 0 Å². The average Bonchev–Trinajstić information content (AvgIpc) is 2.51. The number of fused-ring (bicyclic) bond motifs is 2. The molecule has 94 valence electrons. The molecule has 1 saturated carbocycles. The molecule has 1 fully saturated rings. The Kier molecular flexibility index (Phi) is 3.46. The lowest BCUT2D eigenvalue weighted by Gasteiger charge is -2.28. The molecule has 4 unspecified atom stereocenters. The van der Waals surface area contributed by atoms with Crippen LogP contribution in [-0.4, -0.2) is 15.4 Å². The first-order valence-corrected chi connectivity index (χ1v) is 8.05. The van der Waals surface area contributed by atoms with E-state index in [0.29, 0.717) is 5.78 Å². The van der Waals surface area contributed by atoms with Crippen molar-refractivity contribution in [2.24, 2.45) is 23.7 Å². The monoisotopic (exact) mass is 368 g/mol. The van der Waals surface area contributed by atoms with Gasteiger partial charge in [0, 0.05) is 33.3 Å². The molecule has 0 aromatic rings. The summed E-state index contributed by atoms with van der Waals surface area (Å²) in [7, 11) is 0. The van der Waals surface area contributed by atoms with Gasteiger partial charge in [0.25, 0.3) is 0 Å². The Hall–Kier alpha value is -0.410. The number of ketones is 1. The number of alkyl halides is 2. The molecule has 3 rings (SSSR count). The number of rotatable bonds is 0. The molecule has 6 atom stereocenters. The lowest BCUT2D eigenvalue weighted by molar-refractivity contribution is -0.125. The quantitative estimate of drug-likeness (QED) is 0.593. The van der Waals surface area contributed by atoms with E-state index in [2.05, 4.69) is 56.2 Å². The van der Waals surface area contributed by atoms with E-state index in [1.54, 1.807) is 0 Å². The van der Waals surface area contributed by atoms with Crippen LogP contribution >= 0.6 is 31.9 Å². The maximum absolute atomic E-state index is 12.7. The minimum absolute atomic E-state index is 0.00516. The highest BCUT2D eigenvalue weighted by molar-refractivity contribution is 9.12. The molecule has 18 heavy (non-hydrogen) atoms. The predicted octanol–water partition coefficient (Wildman–Crippen LogP) is 3.81. The van der Waals surface area contributed by atoms with E-state index in [1.165, 1.54) is 0 Å². The van der Waals surface area contributed by atoms with Crippen molar-refractivity contribution in [3.63, 3.8) is 0 Å². The molecule has 0 aliphatic heterocycles. The fraction of sp³-hybridized carbons (Fsp3) is 0.400. The second-order valence-electron chi connectivity index (χ2n) is 5.04. The Labute approximate surface area is 124 Å². The van der Waals surface area contributed by atoms with Gasteiger partial charge in [-0.05, 0) is 0 Å². The van der Waals surface area contributed by atoms with E-state index in [9.17, 15) is 4.79 Å². The van der Waals surface area contributed by atoms with Crippen LogP contribution < -0.4 is 0 Å². The van der Waals surface area contributed by atoms with Gasteiger partial charge in [-0.1, -0.05) is 80.5 Å². The number of allylic oxidation sites excluding steroid dienone is 8. The first kappa shape index (κ1) is 12.6. The summed E-state index contributed by atoms with van der Waals surface area (Å²) in [4.78, 5) is 13.2. The second-order valence-corrected chi connectivity index (χ2v) is 7.15. The summed E-state index contributed by atoms with van der Waals surface area (Å²) in [5.74, 6) is 0.854. The Morgan fingerprint density at radius 1 is 0.722 bits per heavy atom. The topological polar surface area (TPSA) is 17.1 Å². The normalized spacial score (nSPS) is 45.6. The molecule has 0 aromatic carbocycles. The van der Waals surface area contributed by atoms with Gasteiger partial charge >= 0.3 is 0 Å². The summed E-state index contributed by atoms with van der Waals surface area (Å²) in [5, 5.41) is 0. The van der Waals surface area contributed by atoms with Gasteiger partial charge < -0.3 is 0 Å². The number of hydrogen-bond acceptors (Lipinski definition) is 1. The van der Waals surface area contributed by atoms with Crippen molar-refractivity contribution in [1.29, 1.82) is 0 Å². The Morgan fingerprint density at radius 2 is 1.11 bits per heavy atom. The summed E-state index contributed by atoms with van der Waals surface area (Å²) in [6.07, 6.45) is 16.5. The van der Waals surface area contributed by atoms with Crippen LogP contribution in [-0.2, 0) is 4.79 Å². The van der Waals surface area contributed by atoms with Gasteiger partial charge in [0.2, 0.25) is 0 Å². The fourth-order valence-corrected chi connectivity index (χ4v) is 4.79. The summed E-state index contributed by atoms with van der Waals surface area (Å²) in [6, 6.07) is 0. The van der Waals surface area contributed by atoms with Crippen LogP contribution in [0, 0.1) is 23.7 Å². The third-order valence-electron chi connectivity index (χ3n) is 4.05. The van der Waals surface area contributed by atoms with E-state index in [0.717, 1.165) is 0 Å². The second kappa shape index (κ2) is 4.93. The minimum Gasteiger partial charge on any atom is -0.298 e. The zero-order valence-electron chi connectivity index (χ0n) is 9.75. The molecule has 3 heteroatoms. The molecule has 3 aliphatic carbocycles. The molecule has 3 aliphatic rings. The van der Waals surface area contributed by atoms with Gasteiger partial charge in [-0.2, -0.15) is 0 Å². The van der Waals surface area contributed by atoms with Gasteiger partial charge in [0.05, 0.1) is 0 Å². The van der Waals surface area contributed by atoms with Crippen LogP contribution in [0.25, 0.3) is 0 Å². The van der Waals surface area contributed by atoms with Crippen molar-refractivity contribution in [2.45, 2.75) is 9.65 Å². The van der Waals surface area contributed by atoms with Crippen molar-refractivity contribution in [3.8, 4) is 0 Å². The lowest BCUT2D eigenvalue weighted by atomic mass is 9.79. The van der Waals surface area contributed by atoms with Crippen LogP contribution in [0.1, 0.15) is 0 Å². The van der Waals surface area contributed by atoms with Crippen LogP contribution in [0.5, 0.6) is 0 Å². The van der Waals surface area contributed by atoms with Gasteiger partial charge in [-0.15, -0.1) is 0 Å². The molecular weight excluding hydrogens is 356 g/mol. The standard InChI is InChI=1S/C15H14Br2O/c16-13-9-5-1-3-7-11(9)15(18)12-8-4-2-6-10(12)14(13)17/h1-14H/t9?,10?,11?,12?,13-,14-/m1/s1. The highest BCUT2D eigenvalue weighted by Crippen LogP contribution is 2.44. The maximum atomic E-state index is 12.7. The van der Waals surface area contributed by atoms with Crippen LogP contribution in [0.15, 0.2) is 48.6 Å². The summed E-state index contributed by atoms with van der Waals surface area (Å²) >= 11 is 7.59. The maximum Gasteiger partial charge on any atom is 0.147 e. The van der Waals surface area contributed by atoms with E-state index in [1.807, 2.05) is 24.3 Å². The van der Waals surface area contributed by atoms with E-state index in [-0.39, 0.29) is 33.3 Å². The molecule has 0 heterocycles. The first-order chi connectivity index (χ1) is 8.70. The third-order valence-corrected chi connectivity index (χ3v) is 7.12. The zero-order valence-corrected chi connectivity index (χ0v) is 12.9. The van der Waals surface area contributed by atoms with Crippen LogP contribution in [0.3, 0.4) is 0 Å². The van der Waals surface area contributed by atoms with Gasteiger partial charge in [0.15, 0.2) is 0 Å². The third kappa shape index (κ3) is 1.92. The first-order valence-electron chi connectivity index (χ1n) is 6.22. The van der Waals surface area contributed by atoms with Crippen molar-refractivity contribution >= 4 is 37.6 Å². The minimum atomic E-state index is 0.00516. The number of carbonyl (C=O) groups excluding carboxylic acids is 1. The van der Waals surface area contributed by atoms with Gasteiger partial charge in [-0.25, -0.2) is 0 Å². The Balaban J connectivity index is 2.04. The summed E-state index contributed by atoms with van der Waals surface area (Å²) < 4.78 is 0.